The number of imidazole rings is 1. The van der Waals surface area contributed by atoms with E-state index in [4.69, 9.17) is 0 Å². The summed E-state index contributed by atoms with van der Waals surface area (Å²) in [7, 11) is 0. The highest BCUT2D eigenvalue weighted by atomic mass is 32.1. The summed E-state index contributed by atoms with van der Waals surface area (Å²) in [6, 6.07) is 7.75. The SMILES string of the molecule is Cc1cnc(CNC(=O)NCc2cccc(-n3ccnc3)c2)s1. The van der Waals surface area contributed by atoms with Crippen molar-refractivity contribution in [2.45, 2.75) is 20.0 Å². The zero-order valence-corrected chi connectivity index (χ0v) is 13.5. The lowest BCUT2D eigenvalue weighted by molar-refractivity contribution is 0.240. The fraction of sp³-hybridized carbons (Fsp3) is 0.188. The van der Waals surface area contributed by atoms with Crippen LogP contribution in [0, 0.1) is 6.92 Å². The van der Waals surface area contributed by atoms with Crippen molar-refractivity contribution in [3.63, 3.8) is 0 Å². The summed E-state index contributed by atoms with van der Waals surface area (Å²) in [5.41, 5.74) is 2.04. The lowest BCUT2D eigenvalue weighted by Gasteiger charge is -2.08. The number of carbonyl (C=O) groups excluding carboxylic acids is 1. The smallest absolute Gasteiger partial charge is 0.315 e. The highest BCUT2D eigenvalue weighted by Gasteiger charge is 2.04. The largest absolute Gasteiger partial charge is 0.334 e. The molecule has 0 atom stereocenters. The van der Waals surface area contributed by atoms with Crippen molar-refractivity contribution < 1.29 is 4.79 Å². The van der Waals surface area contributed by atoms with Gasteiger partial charge < -0.3 is 15.2 Å². The first-order valence-corrected chi connectivity index (χ1v) is 8.02. The van der Waals surface area contributed by atoms with Gasteiger partial charge in [0, 0.05) is 35.7 Å². The van der Waals surface area contributed by atoms with Crippen molar-refractivity contribution in [1.82, 2.24) is 25.2 Å². The van der Waals surface area contributed by atoms with E-state index < -0.39 is 0 Å². The average Bonchev–Trinajstić information content (AvgIpc) is 3.23. The van der Waals surface area contributed by atoms with Crippen LogP contribution < -0.4 is 10.6 Å². The van der Waals surface area contributed by atoms with Gasteiger partial charge >= 0.3 is 6.03 Å². The summed E-state index contributed by atoms with van der Waals surface area (Å²) in [4.78, 5) is 21.2. The summed E-state index contributed by atoms with van der Waals surface area (Å²) in [5.74, 6) is 0. The molecule has 2 amide bonds. The van der Waals surface area contributed by atoms with Crippen LogP contribution in [0.5, 0.6) is 0 Å². The van der Waals surface area contributed by atoms with E-state index in [-0.39, 0.29) is 6.03 Å². The highest BCUT2D eigenvalue weighted by Crippen LogP contribution is 2.11. The molecule has 0 radical (unpaired) electrons. The molecule has 0 aliphatic rings. The van der Waals surface area contributed by atoms with Crippen LogP contribution in [0.15, 0.2) is 49.2 Å². The number of rotatable bonds is 5. The van der Waals surface area contributed by atoms with E-state index in [9.17, 15) is 4.79 Å². The third-order valence-electron chi connectivity index (χ3n) is 3.24. The fourth-order valence-electron chi connectivity index (χ4n) is 2.12. The number of benzene rings is 1. The molecular weight excluding hydrogens is 310 g/mol. The van der Waals surface area contributed by atoms with E-state index in [2.05, 4.69) is 20.6 Å². The molecule has 118 valence electrons. The van der Waals surface area contributed by atoms with Crippen LogP contribution >= 0.6 is 11.3 Å². The van der Waals surface area contributed by atoms with Crippen LogP contribution in [-0.2, 0) is 13.1 Å². The molecule has 2 N–H and O–H groups in total. The van der Waals surface area contributed by atoms with E-state index in [1.54, 1.807) is 30.1 Å². The van der Waals surface area contributed by atoms with Gasteiger partial charge in [-0.15, -0.1) is 11.3 Å². The minimum Gasteiger partial charge on any atom is -0.334 e. The first kappa shape index (κ1) is 15.2. The topological polar surface area (TPSA) is 71.8 Å². The van der Waals surface area contributed by atoms with Crippen LogP contribution in [0.25, 0.3) is 5.69 Å². The van der Waals surface area contributed by atoms with Crippen LogP contribution in [0.1, 0.15) is 15.4 Å². The number of amides is 2. The second-order valence-corrected chi connectivity index (χ2v) is 6.36. The normalized spacial score (nSPS) is 10.5. The zero-order chi connectivity index (χ0) is 16.1. The molecule has 6 nitrogen and oxygen atoms in total. The van der Waals surface area contributed by atoms with Crippen molar-refractivity contribution >= 4 is 17.4 Å². The van der Waals surface area contributed by atoms with Crippen LogP contribution in [0.4, 0.5) is 4.79 Å². The Morgan fingerprint density at radius 1 is 1.30 bits per heavy atom. The third-order valence-corrected chi connectivity index (χ3v) is 4.15. The minimum absolute atomic E-state index is 0.203. The molecule has 1 aromatic carbocycles. The van der Waals surface area contributed by atoms with Crippen molar-refractivity contribution in [3.8, 4) is 5.69 Å². The van der Waals surface area contributed by atoms with Gasteiger partial charge in [0.05, 0.1) is 12.9 Å². The summed E-state index contributed by atoms with van der Waals surface area (Å²) in [5, 5.41) is 6.56. The molecule has 23 heavy (non-hydrogen) atoms. The number of thiazole rings is 1. The Hall–Kier alpha value is -2.67. The van der Waals surface area contributed by atoms with E-state index in [0.717, 1.165) is 21.1 Å². The van der Waals surface area contributed by atoms with Gasteiger partial charge in [-0.25, -0.2) is 14.8 Å². The third kappa shape index (κ3) is 4.17. The van der Waals surface area contributed by atoms with Gasteiger partial charge in [-0.3, -0.25) is 0 Å². The van der Waals surface area contributed by atoms with Gasteiger partial charge in [0.25, 0.3) is 0 Å². The maximum absolute atomic E-state index is 11.8. The Balaban J connectivity index is 1.52. The van der Waals surface area contributed by atoms with Gasteiger partial charge in [0.15, 0.2) is 0 Å². The number of carbonyl (C=O) groups is 1. The van der Waals surface area contributed by atoms with Crippen molar-refractivity contribution in [3.05, 3.63) is 64.6 Å². The number of aryl methyl sites for hydroxylation is 1. The first-order valence-electron chi connectivity index (χ1n) is 7.21. The molecule has 3 rings (SSSR count). The number of aromatic nitrogens is 3. The van der Waals surface area contributed by atoms with E-state index in [1.807, 2.05) is 42.0 Å². The quantitative estimate of drug-likeness (QED) is 0.757. The lowest BCUT2D eigenvalue weighted by Crippen LogP contribution is -2.34. The summed E-state index contributed by atoms with van der Waals surface area (Å²) < 4.78 is 1.92. The Kier molecular flexibility index (Phi) is 4.68. The average molecular weight is 327 g/mol. The Bertz CT molecular complexity index is 781. The summed E-state index contributed by atoms with van der Waals surface area (Å²) in [6.07, 6.45) is 7.17. The molecule has 2 heterocycles. The van der Waals surface area contributed by atoms with Crippen LogP contribution in [0.2, 0.25) is 0 Å². The zero-order valence-electron chi connectivity index (χ0n) is 12.7. The van der Waals surface area contributed by atoms with Crippen molar-refractivity contribution in [2.75, 3.05) is 0 Å². The number of hydrogen-bond acceptors (Lipinski definition) is 4. The molecular formula is C16H17N5OS. The molecule has 0 spiro atoms. The molecule has 0 bridgehead atoms. The molecule has 0 aliphatic carbocycles. The molecule has 0 unspecified atom stereocenters. The number of hydrogen-bond donors (Lipinski definition) is 2. The number of nitrogens with zero attached hydrogens (tertiary/aromatic N) is 3. The molecule has 0 saturated heterocycles. The molecule has 2 aromatic heterocycles. The maximum Gasteiger partial charge on any atom is 0.315 e. The second kappa shape index (κ2) is 7.06. The van der Waals surface area contributed by atoms with E-state index >= 15 is 0 Å². The van der Waals surface area contributed by atoms with E-state index in [1.165, 1.54) is 0 Å². The van der Waals surface area contributed by atoms with Gasteiger partial charge in [0.1, 0.15) is 5.01 Å². The van der Waals surface area contributed by atoms with Crippen LogP contribution in [-0.4, -0.2) is 20.6 Å². The monoisotopic (exact) mass is 327 g/mol. The molecule has 7 heteroatoms. The standard InChI is InChI=1S/C16H17N5OS/c1-12-8-18-15(23-12)10-20-16(22)19-9-13-3-2-4-14(7-13)21-6-5-17-11-21/h2-8,11H,9-10H2,1H3,(H2,19,20,22). The fourth-order valence-corrected chi connectivity index (χ4v) is 2.85. The number of urea groups is 1. The van der Waals surface area contributed by atoms with Crippen LogP contribution in [0.3, 0.4) is 0 Å². The Morgan fingerprint density at radius 2 is 2.17 bits per heavy atom. The number of nitrogens with one attached hydrogen (secondary N) is 2. The Morgan fingerprint density at radius 3 is 2.91 bits per heavy atom. The minimum atomic E-state index is -0.203. The van der Waals surface area contributed by atoms with Gasteiger partial charge in [0.2, 0.25) is 0 Å². The summed E-state index contributed by atoms with van der Waals surface area (Å²) >= 11 is 1.58. The molecule has 0 fully saturated rings. The Labute approximate surface area is 138 Å². The highest BCUT2D eigenvalue weighted by molar-refractivity contribution is 7.11. The molecule has 3 aromatic rings. The molecule has 0 saturated carbocycles. The first-order chi connectivity index (χ1) is 11.2. The maximum atomic E-state index is 11.8. The van der Waals surface area contributed by atoms with Crippen molar-refractivity contribution in [2.24, 2.45) is 0 Å². The summed E-state index contributed by atoms with van der Waals surface area (Å²) in [6.45, 7) is 2.90. The van der Waals surface area contributed by atoms with E-state index in [0.29, 0.717) is 13.1 Å². The van der Waals surface area contributed by atoms with Gasteiger partial charge in [-0.1, -0.05) is 12.1 Å². The van der Waals surface area contributed by atoms with Gasteiger partial charge in [-0.2, -0.15) is 0 Å². The van der Waals surface area contributed by atoms with Gasteiger partial charge in [-0.05, 0) is 24.6 Å². The second-order valence-electron chi connectivity index (χ2n) is 5.04. The predicted octanol–water partition coefficient (Wildman–Crippen LogP) is 2.64. The molecule has 0 aliphatic heterocycles. The predicted molar refractivity (Wildman–Crippen MR) is 89.5 cm³/mol. The lowest BCUT2D eigenvalue weighted by atomic mass is 10.2. The van der Waals surface area contributed by atoms with Crippen molar-refractivity contribution in [1.29, 1.82) is 0 Å².